The molecule has 0 saturated heterocycles. The van der Waals surface area contributed by atoms with Gasteiger partial charge in [0.2, 0.25) is 0 Å². The van der Waals surface area contributed by atoms with Crippen LogP contribution in [0.2, 0.25) is 0 Å². The predicted molar refractivity (Wildman–Crippen MR) is 511 cm³/mol. The number of hydrogen-bond acceptors (Lipinski definition) is 16. The van der Waals surface area contributed by atoms with Crippen LogP contribution in [0.4, 0.5) is 0 Å². The number of rotatable bonds is 0. The Hall–Kier alpha value is -3.08. The maximum Gasteiger partial charge on any atom is 1.00 e. The van der Waals surface area contributed by atoms with E-state index < -0.39 is 31.3 Å². The van der Waals surface area contributed by atoms with Crippen molar-refractivity contribution in [1.29, 1.82) is 0 Å². The molecule has 0 aliphatic carbocycles. The molecule has 0 aromatic heterocycles. The molecule has 0 amide bonds. The molecule has 0 saturated carbocycles. The van der Waals surface area contributed by atoms with Crippen LogP contribution >= 0.6 is 31.3 Å². The number of benzene rings is 8. The van der Waals surface area contributed by atoms with Crippen LogP contribution in [0.15, 0.2) is 97.1 Å². The Kier molecular flexibility index (Phi) is 36.4. The Morgan fingerprint density at radius 1 is 0.215 bits per heavy atom. The van der Waals surface area contributed by atoms with Gasteiger partial charge in [-0.2, -0.15) is 0 Å². The zero-order valence-corrected chi connectivity index (χ0v) is 99.7. The van der Waals surface area contributed by atoms with Gasteiger partial charge in [0.05, 0.1) is 0 Å². The van der Waals surface area contributed by atoms with Crippen LogP contribution in [0, 0.1) is 27.7 Å². The fourth-order valence-electron chi connectivity index (χ4n) is 16.5. The average Bonchev–Trinajstić information content (AvgIpc) is 0.734. The Morgan fingerprint density at radius 2 is 0.362 bits per heavy atom. The molecule has 8 aromatic rings. The summed E-state index contributed by atoms with van der Waals surface area (Å²) in [5.41, 5.74) is 20.2. The maximum absolute atomic E-state index is 13.4. The summed E-state index contributed by atoms with van der Waals surface area (Å²) in [6, 6.07) is 33.0. The smallest absolute Gasteiger partial charge is 0.736 e. The molecule has 16 nitrogen and oxygen atoms in total. The van der Waals surface area contributed by atoms with E-state index in [1.54, 1.807) is 0 Å². The molecule has 130 heavy (non-hydrogen) atoms. The first-order valence-electron chi connectivity index (χ1n) is 44.5. The molecule has 0 radical (unpaired) electrons. The van der Waals surface area contributed by atoms with E-state index in [1.807, 2.05) is 76.2 Å². The van der Waals surface area contributed by atoms with Crippen molar-refractivity contribution in [3.8, 4) is 46.0 Å². The van der Waals surface area contributed by atoms with E-state index >= 15 is 0 Å². The Labute approximate surface area is 871 Å². The summed E-state index contributed by atoms with van der Waals surface area (Å²) in [6.45, 7) is 88.1. The quantitative estimate of drug-likeness (QED) is 0.101. The van der Waals surface area contributed by atoms with Gasteiger partial charge in [-0.25, -0.2) is 18.3 Å². The third-order valence-corrected chi connectivity index (χ3v) is 27.1. The number of phosphoric acid groups is 4. The maximum atomic E-state index is 13.4. The van der Waals surface area contributed by atoms with Gasteiger partial charge in [0.1, 0.15) is 46.0 Å². The van der Waals surface area contributed by atoms with Crippen molar-refractivity contribution in [2.24, 2.45) is 0 Å². The van der Waals surface area contributed by atoms with Gasteiger partial charge in [-0.05, 0) is 137 Å². The van der Waals surface area contributed by atoms with Crippen LogP contribution in [0.5, 0.6) is 46.0 Å². The first kappa shape index (κ1) is 117. The molecule has 0 fully saturated rings. The summed E-state index contributed by atoms with van der Waals surface area (Å²) >= 11 is 0. The third kappa shape index (κ3) is 28.2. The fourth-order valence-corrected chi connectivity index (χ4v) is 20.1. The largest absolute Gasteiger partial charge is 1.00 e. The van der Waals surface area contributed by atoms with Crippen LogP contribution in [0.3, 0.4) is 0 Å². The first-order chi connectivity index (χ1) is 56.4. The molecule has 24 heteroatoms. The molecule has 0 N–H and O–H groups in total. The van der Waals surface area contributed by atoms with Gasteiger partial charge in [0.25, 0.3) is 0 Å². The molecule has 692 valence electrons. The SMILES string of the molecule is CC(C)(C)c1cc2c(c(C(C)(C)C)c1)OP(=O)([O-])Oc1c(cc(C(C)(C)C)cc1C(C)(C)C)C2.CC1c2cc(C(C)(C)C)cc(C(C)(C)C)c2OP(=O)([O-])Oc2c1cc(C(C)(C)C)cc2C(C)(C)C.Cc1cc2c(c(C(C)(C)C)c1)OP(=O)([O-])Oc1c(cc(C)cc1C(C)(C)C)C2.Cc1cc2c(c(C(C)(C)C)c1)OP(=O)([O-])Oc1c(cc(C)cc1C(C)(C)C)C2C.[Na+].[Na+].[Na+].[Na+]. The van der Waals surface area contributed by atoms with Crippen molar-refractivity contribution in [2.75, 3.05) is 0 Å². The number of phosphoric ester groups is 4. The van der Waals surface area contributed by atoms with Crippen LogP contribution < -0.4 is 174 Å². The van der Waals surface area contributed by atoms with Crippen molar-refractivity contribution in [2.45, 2.75) is 380 Å². The minimum absolute atomic E-state index is 0. The minimum Gasteiger partial charge on any atom is -0.736 e. The van der Waals surface area contributed by atoms with E-state index in [0.29, 0.717) is 58.8 Å². The molecule has 0 bridgehead atoms. The molecule has 4 aliphatic rings. The van der Waals surface area contributed by atoms with Gasteiger partial charge in [0.15, 0.2) is 0 Å². The molecule has 4 aliphatic heterocycles. The van der Waals surface area contributed by atoms with Gasteiger partial charge < -0.3 is 55.8 Å². The average molecular weight is 1890 g/mol. The number of fused-ring (bicyclic) bond motifs is 8. The third-order valence-electron chi connectivity index (χ3n) is 23.9. The van der Waals surface area contributed by atoms with Crippen LogP contribution in [-0.4, -0.2) is 0 Å². The van der Waals surface area contributed by atoms with E-state index in [9.17, 15) is 37.8 Å². The van der Waals surface area contributed by atoms with Crippen LogP contribution in [0.1, 0.15) is 408 Å². The van der Waals surface area contributed by atoms with Gasteiger partial charge >= 0.3 is 150 Å². The predicted octanol–water partition coefficient (Wildman–Crippen LogP) is 16.0. The number of aryl methyl sites for hydroxylation is 4. The minimum atomic E-state index is -4.70. The normalized spacial score (nSPS) is 18.4. The number of hydrogen-bond donors (Lipinski definition) is 0. The molecule has 0 spiro atoms. The van der Waals surface area contributed by atoms with Crippen molar-refractivity contribution in [3.63, 3.8) is 0 Å². The summed E-state index contributed by atoms with van der Waals surface area (Å²) in [4.78, 5) is 52.4. The molecule has 0 atom stereocenters. The second-order valence-electron chi connectivity index (χ2n) is 48.3. The van der Waals surface area contributed by atoms with E-state index in [-0.39, 0.29) is 195 Å². The summed E-state index contributed by atoms with van der Waals surface area (Å²) < 4.78 is 98.0. The van der Waals surface area contributed by atoms with E-state index in [4.69, 9.17) is 36.2 Å². The van der Waals surface area contributed by atoms with Gasteiger partial charge in [-0.1, -0.05) is 382 Å². The van der Waals surface area contributed by atoms with E-state index in [0.717, 1.165) is 134 Å². The van der Waals surface area contributed by atoms with Gasteiger partial charge in [-0.15, -0.1) is 0 Å². The van der Waals surface area contributed by atoms with Crippen LogP contribution in [0.25, 0.3) is 0 Å². The summed E-state index contributed by atoms with van der Waals surface area (Å²) in [7, 11) is -18.6. The van der Waals surface area contributed by atoms with Crippen molar-refractivity contribution in [3.05, 3.63) is 231 Å². The second kappa shape index (κ2) is 40.3. The molecule has 8 aromatic carbocycles. The summed E-state index contributed by atoms with van der Waals surface area (Å²) in [5, 5.41) is 0. The van der Waals surface area contributed by atoms with E-state index in [2.05, 4.69) is 312 Å². The van der Waals surface area contributed by atoms with Crippen molar-refractivity contribution < 1.29 is 192 Å². The fraction of sp³-hybridized carbons (Fsp3) is 0.547. The van der Waals surface area contributed by atoms with Gasteiger partial charge in [-0.3, -0.25) is 0 Å². The van der Waals surface area contributed by atoms with Crippen molar-refractivity contribution in [1.82, 2.24) is 0 Å². The molecule has 4 heterocycles. The first-order valence-corrected chi connectivity index (χ1v) is 50.4. The zero-order valence-electron chi connectivity index (χ0n) is 88.1. The molecule has 0 unspecified atom stereocenters. The Morgan fingerprint density at radius 3 is 0.554 bits per heavy atom. The summed E-state index contributed by atoms with van der Waals surface area (Å²) in [6.07, 6.45) is 1.09. The standard InChI is InChI=1S/C30H45O4P.C29H43O4P.C24H33O4P.C23H31O4P.4Na/c1-18-21-14-19(27(2,3)4)16-23(29(8,9)10)25(21)33-35(31,32)34-26-22(18)15-20(28(5,6)7)17-24(26)30(11,12)13;1-26(2,3)20-14-18-13-19-15-21(27(4,5)6)17-23(29(10,11)12)25(19)33-34(30,31)32-24(18)22(16-20)28(7,8)9;1-14-10-17-16(3)18-11-15(2)13-20(24(7,8)9)22(18)28-29(25,26)27-21(17)19(12-14)23(4,5)6;1-14-9-16-13-17-10-15(2)12-19(23(6,7)8)21(17)27-28(24,25)26-20(16)18(11-14)22(3,4)5;;;;/h14-18H,1-13H3,(H,31,32);14-17H,13H2,1-12H3,(H,30,31);10-13,16H,1-9H3,(H,25,26);9-12H,13H2,1-8H3,(H,24,25);;;;/q;;;;4*+1/p-4. The van der Waals surface area contributed by atoms with Crippen LogP contribution in [-0.2, 0) is 96.1 Å². The topological polar surface area (TPSA) is 234 Å². The molecule has 12 rings (SSSR count). The molecular formula is C106H148Na4O16P4. The monoisotopic (exact) mass is 1890 g/mol. The zero-order chi connectivity index (χ0) is 96.0. The Bertz CT molecular complexity index is 5410. The second-order valence-corrected chi connectivity index (χ2v) is 53.3. The summed E-state index contributed by atoms with van der Waals surface area (Å²) in [5.74, 6) is 3.01. The van der Waals surface area contributed by atoms with E-state index in [1.165, 1.54) is 0 Å². The van der Waals surface area contributed by atoms with Crippen molar-refractivity contribution >= 4 is 31.3 Å². The molecular weight excluding hydrogens is 1750 g/mol. The van der Waals surface area contributed by atoms with Gasteiger partial charge in [0, 0.05) is 91.4 Å². The Balaban J connectivity index is 0.000000305.